The van der Waals surface area contributed by atoms with Crippen molar-refractivity contribution in [3.05, 3.63) is 0 Å². The molecule has 60 valence electrons. The average Bonchev–Trinajstić information content (AvgIpc) is 2.58. The maximum atomic E-state index is 8.55. The molecule has 0 aromatic rings. The zero-order chi connectivity index (χ0) is 7.95. The first-order valence-corrected chi connectivity index (χ1v) is 4.25. The Morgan fingerprint density at radius 1 is 1.36 bits per heavy atom. The van der Waals surface area contributed by atoms with E-state index in [-0.39, 0.29) is 11.2 Å². The molecule has 0 bridgehead atoms. The molecule has 1 saturated heterocycles. The smallest absolute Gasteiger partial charge is 0.0792 e. The van der Waals surface area contributed by atoms with Gasteiger partial charge >= 0.3 is 0 Å². The molecular formula is C9H13NO. The first kappa shape index (κ1) is 7.12. The van der Waals surface area contributed by atoms with Gasteiger partial charge in [-0.3, -0.25) is 0 Å². The number of hydrogen-bond donors (Lipinski definition) is 0. The van der Waals surface area contributed by atoms with Crippen LogP contribution in [-0.2, 0) is 4.74 Å². The van der Waals surface area contributed by atoms with E-state index in [0.717, 1.165) is 6.42 Å². The second-order valence-electron chi connectivity index (χ2n) is 4.07. The Kier molecular flexibility index (Phi) is 1.28. The largest absolute Gasteiger partial charge is 0.368 e. The zero-order valence-electron chi connectivity index (χ0n) is 6.89. The van der Waals surface area contributed by atoms with Crippen molar-refractivity contribution < 1.29 is 4.74 Å². The Labute approximate surface area is 67.2 Å². The molecule has 1 aliphatic carbocycles. The highest BCUT2D eigenvalue weighted by atomic mass is 16.5. The van der Waals surface area contributed by atoms with Crippen LogP contribution in [0.5, 0.6) is 0 Å². The first-order valence-electron chi connectivity index (χ1n) is 4.25. The van der Waals surface area contributed by atoms with Crippen LogP contribution in [0.1, 0.15) is 39.0 Å². The van der Waals surface area contributed by atoms with E-state index >= 15 is 0 Å². The second kappa shape index (κ2) is 1.98. The Balaban J connectivity index is 2.02. The summed E-state index contributed by atoms with van der Waals surface area (Å²) in [5, 5.41) is 8.55. The third-order valence-electron chi connectivity index (χ3n) is 2.83. The van der Waals surface area contributed by atoms with Gasteiger partial charge in [0, 0.05) is 0 Å². The number of hydrogen-bond acceptors (Lipinski definition) is 2. The van der Waals surface area contributed by atoms with Crippen LogP contribution in [0.15, 0.2) is 0 Å². The van der Waals surface area contributed by atoms with Gasteiger partial charge in [-0.2, -0.15) is 5.26 Å². The van der Waals surface area contributed by atoms with Crippen molar-refractivity contribution in [2.45, 2.75) is 50.2 Å². The van der Waals surface area contributed by atoms with Crippen molar-refractivity contribution >= 4 is 0 Å². The van der Waals surface area contributed by atoms with Gasteiger partial charge < -0.3 is 4.74 Å². The van der Waals surface area contributed by atoms with E-state index < -0.39 is 0 Å². The third kappa shape index (κ3) is 1.14. The lowest BCUT2D eigenvalue weighted by atomic mass is 9.99. The quantitative estimate of drug-likeness (QED) is 0.574. The Morgan fingerprint density at radius 2 is 2.00 bits per heavy atom. The Morgan fingerprint density at radius 3 is 2.45 bits per heavy atom. The molecule has 0 amide bonds. The van der Waals surface area contributed by atoms with Crippen LogP contribution in [0.4, 0.5) is 0 Å². The van der Waals surface area contributed by atoms with Gasteiger partial charge in [-0.25, -0.2) is 0 Å². The highest BCUT2D eigenvalue weighted by Gasteiger charge is 2.54. The van der Waals surface area contributed by atoms with Gasteiger partial charge in [-0.1, -0.05) is 0 Å². The lowest BCUT2D eigenvalue weighted by molar-refractivity contribution is -0.0387. The maximum absolute atomic E-state index is 8.55. The van der Waals surface area contributed by atoms with Crippen molar-refractivity contribution in [3.63, 3.8) is 0 Å². The highest BCUT2D eigenvalue weighted by molar-refractivity contribution is 5.06. The van der Waals surface area contributed by atoms with Gasteiger partial charge in [-0.05, 0) is 32.6 Å². The Bertz CT molecular complexity index is 214. The highest BCUT2D eigenvalue weighted by Crippen LogP contribution is 2.53. The monoisotopic (exact) mass is 151 g/mol. The molecule has 1 heterocycles. The summed E-state index contributed by atoms with van der Waals surface area (Å²) in [6, 6.07) is 2.19. The third-order valence-corrected chi connectivity index (χ3v) is 2.83. The molecule has 0 radical (unpaired) electrons. The molecule has 2 fully saturated rings. The number of ether oxygens (including phenoxy) is 1. The van der Waals surface area contributed by atoms with Crippen molar-refractivity contribution in [2.75, 3.05) is 0 Å². The Hall–Kier alpha value is -0.550. The molecule has 0 aromatic carbocycles. The topological polar surface area (TPSA) is 33.0 Å². The SMILES string of the molecule is CC1(CC#N)CCC2(CC2)O1. The molecule has 0 N–H and O–H groups in total. The summed E-state index contributed by atoms with van der Waals surface area (Å²) in [5.41, 5.74) is 0.108. The molecule has 1 atom stereocenters. The summed E-state index contributed by atoms with van der Waals surface area (Å²) in [4.78, 5) is 0. The van der Waals surface area contributed by atoms with E-state index in [1.165, 1.54) is 19.3 Å². The molecule has 1 saturated carbocycles. The molecule has 2 nitrogen and oxygen atoms in total. The minimum atomic E-state index is -0.120. The minimum Gasteiger partial charge on any atom is -0.368 e. The summed E-state index contributed by atoms with van der Waals surface area (Å²) < 4.78 is 5.87. The predicted molar refractivity (Wildman–Crippen MR) is 40.9 cm³/mol. The minimum absolute atomic E-state index is 0.120. The van der Waals surface area contributed by atoms with Gasteiger partial charge in [-0.15, -0.1) is 0 Å². The average molecular weight is 151 g/mol. The lowest BCUT2D eigenvalue weighted by Crippen LogP contribution is -2.24. The summed E-state index contributed by atoms with van der Waals surface area (Å²) in [6.07, 6.45) is 5.22. The molecule has 1 spiro atoms. The summed E-state index contributed by atoms with van der Waals surface area (Å²) in [5.74, 6) is 0. The van der Waals surface area contributed by atoms with Crippen molar-refractivity contribution in [3.8, 4) is 6.07 Å². The van der Waals surface area contributed by atoms with Crippen LogP contribution in [0.25, 0.3) is 0 Å². The van der Waals surface area contributed by atoms with E-state index in [1.54, 1.807) is 0 Å². The fraction of sp³-hybridized carbons (Fsp3) is 0.889. The molecular weight excluding hydrogens is 138 g/mol. The molecule has 2 rings (SSSR count). The standard InChI is InChI=1S/C9H13NO/c1-8(6-7-10)2-3-9(11-8)4-5-9/h2-6H2,1H3. The van der Waals surface area contributed by atoms with E-state index in [9.17, 15) is 0 Å². The van der Waals surface area contributed by atoms with Crippen molar-refractivity contribution in [1.29, 1.82) is 5.26 Å². The van der Waals surface area contributed by atoms with Crippen LogP contribution in [0.3, 0.4) is 0 Å². The molecule has 1 unspecified atom stereocenters. The van der Waals surface area contributed by atoms with Crippen LogP contribution in [0.2, 0.25) is 0 Å². The lowest BCUT2D eigenvalue weighted by Gasteiger charge is -2.21. The number of nitrogens with zero attached hydrogens (tertiary/aromatic N) is 1. The van der Waals surface area contributed by atoms with Crippen molar-refractivity contribution in [1.82, 2.24) is 0 Å². The predicted octanol–water partition coefficient (Wildman–Crippen LogP) is 2.00. The summed E-state index contributed by atoms with van der Waals surface area (Å²) in [7, 11) is 0. The molecule has 2 aliphatic rings. The van der Waals surface area contributed by atoms with E-state index in [4.69, 9.17) is 10.00 Å². The van der Waals surface area contributed by atoms with Gasteiger partial charge in [0.05, 0.1) is 23.7 Å². The fourth-order valence-corrected chi connectivity index (χ4v) is 1.90. The van der Waals surface area contributed by atoms with Crippen LogP contribution in [0, 0.1) is 11.3 Å². The molecule has 0 aromatic heterocycles. The fourth-order valence-electron chi connectivity index (χ4n) is 1.90. The normalized spacial score (nSPS) is 38.9. The summed E-state index contributed by atoms with van der Waals surface area (Å²) >= 11 is 0. The second-order valence-corrected chi connectivity index (χ2v) is 4.07. The van der Waals surface area contributed by atoms with E-state index in [0.29, 0.717) is 6.42 Å². The zero-order valence-corrected chi connectivity index (χ0v) is 6.89. The van der Waals surface area contributed by atoms with Crippen LogP contribution in [-0.4, -0.2) is 11.2 Å². The van der Waals surface area contributed by atoms with E-state index in [1.807, 2.05) is 0 Å². The van der Waals surface area contributed by atoms with Gasteiger partial charge in [0.15, 0.2) is 0 Å². The molecule has 11 heavy (non-hydrogen) atoms. The van der Waals surface area contributed by atoms with Gasteiger partial charge in [0.1, 0.15) is 0 Å². The number of nitriles is 1. The molecule has 1 aliphatic heterocycles. The first-order chi connectivity index (χ1) is 5.18. The van der Waals surface area contributed by atoms with Crippen LogP contribution < -0.4 is 0 Å². The van der Waals surface area contributed by atoms with Gasteiger partial charge in [0.2, 0.25) is 0 Å². The van der Waals surface area contributed by atoms with Crippen molar-refractivity contribution in [2.24, 2.45) is 0 Å². The summed E-state index contributed by atoms with van der Waals surface area (Å²) in [6.45, 7) is 2.06. The van der Waals surface area contributed by atoms with Gasteiger partial charge in [0.25, 0.3) is 0 Å². The molecule has 2 heteroatoms. The van der Waals surface area contributed by atoms with Crippen LogP contribution >= 0.6 is 0 Å². The maximum Gasteiger partial charge on any atom is 0.0792 e. The van der Waals surface area contributed by atoms with E-state index in [2.05, 4.69) is 13.0 Å². The number of rotatable bonds is 1.